The molecular weight excluding hydrogens is 226 g/mol. The molecule has 0 saturated heterocycles. The van der Waals surface area contributed by atoms with Crippen LogP contribution in [0.5, 0.6) is 0 Å². The Morgan fingerprint density at radius 1 is 1.56 bits per heavy atom. The lowest BCUT2D eigenvalue weighted by molar-refractivity contribution is -0.119. The van der Waals surface area contributed by atoms with Gasteiger partial charge in [-0.05, 0) is 25.0 Å². The lowest BCUT2D eigenvalue weighted by atomic mass is 10.0. The first-order valence-corrected chi connectivity index (χ1v) is 6.14. The molecule has 0 aliphatic heterocycles. The van der Waals surface area contributed by atoms with Crippen LogP contribution in [0.15, 0.2) is 18.2 Å². The standard InChI is InChI=1S/C14H19N3O/c1-3-5-11(8-15)14(18)17-13-7-4-6-10(2)12(13)9-16/h4,6-7,11H,3,5,8,15H2,1-2H3,(H,17,18). The number of benzene rings is 1. The number of nitrogens with two attached hydrogens (primary N) is 1. The van der Waals surface area contributed by atoms with Crippen molar-refractivity contribution in [2.75, 3.05) is 11.9 Å². The molecule has 0 aliphatic rings. The normalized spacial score (nSPS) is 11.7. The summed E-state index contributed by atoms with van der Waals surface area (Å²) in [6.07, 6.45) is 1.67. The molecule has 0 fully saturated rings. The van der Waals surface area contributed by atoms with E-state index in [1.807, 2.05) is 26.0 Å². The summed E-state index contributed by atoms with van der Waals surface area (Å²) in [7, 11) is 0. The Kier molecular flexibility index (Phi) is 5.34. The molecule has 96 valence electrons. The maximum atomic E-state index is 12.0. The zero-order chi connectivity index (χ0) is 13.5. The number of carbonyl (C=O) groups is 1. The van der Waals surface area contributed by atoms with E-state index in [1.54, 1.807) is 6.07 Å². The van der Waals surface area contributed by atoms with Crippen LogP contribution in [0.2, 0.25) is 0 Å². The van der Waals surface area contributed by atoms with Gasteiger partial charge in [0.1, 0.15) is 6.07 Å². The average molecular weight is 245 g/mol. The van der Waals surface area contributed by atoms with Crippen molar-refractivity contribution >= 4 is 11.6 Å². The first-order chi connectivity index (χ1) is 8.63. The Hall–Kier alpha value is -1.86. The van der Waals surface area contributed by atoms with Gasteiger partial charge in [0, 0.05) is 6.54 Å². The fourth-order valence-electron chi connectivity index (χ4n) is 1.86. The van der Waals surface area contributed by atoms with Crippen LogP contribution < -0.4 is 11.1 Å². The molecule has 0 aromatic heterocycles. The van der Waals surface area contributed by atoms with Crippen molar-refractivity contribution in [3.8, 4) is 6.07 Å². The van der Waals surface area contributed by atoms with Gasteiger partial charge in [-0.25, -0.2) is 0 Å². The van der Waals surface area contributed by atoms with E-state index in [-0.39, 0.29) is 11.8 Å². The lowest BCUT2D eigenvalue weighted by Crippen LogP contribution is -2.29. The molecular formula is C14H19N3O. The van der Waals surface area contributed by atoms with E-state index in [9.17, 15) is 4.79 Å². The zero-order valence-electron chi connectivity index (χ0n) is 10.9. The smallest absolute Gasteiger partial charge is 0.228 e. The second-order valence-corrected chi connectivity index (χ2v) is 4.32. The van der Waals surface area contributed by atoms with Gasteiger partial charge in [-0.15, -0.1) is 0 Å². The number of nitrogens with one attached hydrogen (secondary N) is 1. The minimum absolute atomic E-state index is 0.110. The van der Waals surface area contributed by atoms with Crippen LogP contribution in [0.1, 0.15) is 30.9 Å². The minimum atomic E-state index is -0.193. The summed E-state index contributed by atoms with van der Waals surface area (Å²) in [5.74, 6) is -0.302. The fourth-order valence-corrected chi connectivity index (χ4v) is 1.86. The molecule has 1 rings (SSSR count). The predicted molar refractivity (Wildman–Crippen MR) is 72.0 cm³/mol. The van der Waals surface area contributed by atoms with Gasteiger partial charge in [-0.3, -0.25) is 4.79 Å². The van der Waals surface area contributed by atoms with Gasteiger partial charge in [0.05, 0.1) is 17.2 Å². The molecule has 4 heteroatoms. The van der Waals surface area contributed by atoms with Crippen molar-refractivity contribution in [1.82, 2.24) is 0 Å². The minimum Gasteiger partial charge on any atom is -0.330 e. The molecule has 3 N–H and O–H groups in total. The lowest BCUT2D eigenvalue weighted by Gasteiger charge is -2.15. The van der Waals surface area contributed by atoms with E-state index in [2.05, 4.69) is 11.4 Å². The summed E-state index contributed by atoms with van der Waals surface area (Å²) in [4.78, 5) is 12.0. The topological polar surface area (TPSA) is 78.9 Å². The Morgan fingerprint density at radius 3 is 2.83 bits per heavy atom. The molecule has 0 bridgehead atoms. The van der Waals surface area contributed by atoms with Gasteiger partial charge >= 0.3 is 0 Å². The van der Waals surface area contributed by atoms with E-state index in [4.69, 9.17) is 11.0 Å². The molecule has 1 aromatic carbocycles. The summed E-state index contributed by atoms with van der Waals surface area (Å²) in [5.41, 5.74) is 7.52. The third kappa shape index (κ3) is 3.31. The van der Waals surface area contributed by atoms with Crippen molar-refractivity contribution in [3.63, 3.8) is 0 Å². The number of rotatable bonds is 5. The monoisotopic (exact) mass is 245 g/mol. The third-order valence-electron chi connectivity index (χ3n) is 2.93. The van der Waals surface area contributed by atoms with E-state index in [0.717, 1.165) is 18.4 Å². The van der Waals surface area contributed by atoms with E-state index in [1.165, 1.54) is 0 Å². The van der Waals surface area contributed by atoms with Crippen molar-refractivity contribution in [2.45, 2.75) is 26.7 Å². The number of hydrogen-bond donors (Lipinski definition) is 2. The number of carbonyl (C=O) groups excluding carboxylic acids is 1. The van der Waals surface area contributed by atoms with Crippen molar-refractivity contribution in [1.29, 1.82) is 5.26 Å². The van der Waals surface area contributed by atoms with Crippen LogP contribution >= 0.6 is 0 Å². The Morgan fingerprint density at radius 2 is 2.28 bits per heavy atom. The first kappa shape index (κ1) is 14.2. The largest absolute Gasteiger partial charge is 0.330 e. The van der Waals surface area contributed by atoms with Gasteiger partial charge in [0.2, 0.25) is 5.91 Å². The molecule has 1 atom stereocenters. The summed E-state index contributed by atoms with van der Waals surface area (Å²) in [5, 5.41) is 11.9. The van der Waals surface area contributed by atoms with Crippen molar-refractivity contribution < 1.29 is 4.79 Å². The molecule has 0 heterocycles. The number of nitriles is 1. The van der Waals surface area contributed by atoms with Crippen LogP contribution in [0.4, 0.5) is 5.69 Å². The molecule has 1 unspecified atom stereocenters. The van der Waals surface area contributed by atoms with Crippen LogP contribution in [-0.2, 0) is 4.79 Å². The quantitative estimate of drug-likeness (QED) is 0.834. The molecule has 1 amide bonds. The Balaban J connectivity index is 2.88. The van der Waals surface area contributed by atoms with Crippen LogP contribution in [-0.4, -0.2) is 12.5 Å². The van der Waals surface area contributed by atoms with Gasteiger partial charge < -0.3 is 11.1 Å². The number of amides is 1. The predicted octanol–water partition coefficient (Wildman–Crippen LogP) is 2.18. The van der Waals surface area contributed by atoms with E-state index >= 15 is 0 Å². The molecule has 0 radical (unpaired) electrons. The molecule has 0 aliphatic carbocycles. The average Bonchev–Trinajstić information content (AvgIpc) is 2.36. The summed E-state index contributed by atoms with van der Waals surface area (Å²) in [6.45, 7) is 4.19. The van der Waals surface area contributed by atoms with Crippen LogP contribution in [0, 0.1) is 24.2 Å². The highest BCUT2D eigenvalue weighted by molar-refractivity contribution is 5.94. The van der Waals surface area contributed by atoms with Crippen LogP contribution in [0.25, 0.3) is 0 Å². The maximum absolute atomic E-state index is 12.0. The second kappa shape index (κ2) is 6.77. The highest BCUT2D eigenvalue weighted by Gasteiger charge is 2.17. The van der Waals surface area contributed by atoms with Gasteiger partial charge in [0.25, 0.3) is 0 Å². The zero-order valence-corrected chi connectivity index (χ0v) is 10.9. The van der Waals surface area contributed by atoms with E-state index in [0.29, 0.717) is 17.8 Å². The fraction of sp³-hybridized carbons (Fsp3) is 0.429. The third-order valence-corrected chi connectivity index (χ3v) is 2.93. The molecule has 0 saturated carbocycles. The number of anilines is 1. The summed E-state index contributed by atoms with van der Waals surface area (Å²) < 4.78 is 0. The number of nitrogens with zero attached hydrogens (tertiary/aromatic N) is 1. The van der Waals surface area contributed by atoms with Crippen molar-refractivity contribution in [2.24, 2.45) is 11.7 Å². The SMILES string of the molecule is CCCC(CN)C(=O)Nc1cccc(C)c1C#N. The van der Waals surface area contributed by atoms with Crippen molar-refractivity contribution in [3.05, 3.63) is 29.3 Å². The molecule has 1 aromatic rings. The maximum Gasteiger partial charge on any atom is 0.228 e. The molecule has 18 heavy (non-hydrogen) atoms. The number of aryl methyl sites for hydroxylation is 1. The van der Waals surface area contributed by atoms with Crippen LogP contribution in [0.3, 0.4) is 0 Å². The van der Waals surface area contributed by atoms with Gasteiger partial charge in [-0.1, -0.05) is 25.5 Å². The van der Waals surface area contributed by atoms with Gasteiger partial charge in [-0.2, -0.15) is 5.26 Å². The Bertz CT molecular complexity index is 463. The Labute approximate surface area is 108 Å². The summed E-state index contributed by atoms with van der Waals surface area (Å²) in [6, 6.07) is 7.52. The van der Waals surface area contributed by atoms with Gasteiger partial charge in [0.15, 0.2) is 0 Å². The second-order valence-electron chi connectivity index (χ2n) is 4.32. The molecule has 4 nitrogen and oxygen atoms in total. The van der Waals surface area contributed by atoms with E-state index < -0.39 is 0 Å². The number of hydrogen-bond acceptors (Lipinski definition) is 3. The first-order valence-electron chi connectivity index (χ1n) is 6.14. The highest BCUT2D eigenvalue weighted by Crippen LogP contribution is 2.19. The molecule has 0 spiro atoms. The summed E-state index contributed by atoms with van der Waals surface area (Å²) >= 11 is 0. The highest BCUT2D eigenvalue weighted by atomic mass is 16.1.